The first-order chi connectivity index (χ1) is 17.6. The summed E-state index contributed by atoms with van der Waals surface area (Å²) in [4.78, 5) is 27.7. The number of likely N-dealkylation sites (N-methyl/N-ethyl adjacent to an activating group) is 1. The van der Waals surface area contributed by atoms with Crippen LogP contribution in [0.15, 0.2) is 55.0 Å². The van der Waals surface area contributed by atoms with Gasteiger partial charge in [0.2, 0.25) is 11.9 Å². The second-order valence-electron chi connectivity index (χ2n) is 8.39. The van der Waals surface area contributed by atoms with Gasteiger partial charge >= 0.3 is 0 Å². The number of hydrogen-bond acceptors (Lipinski definition) is 8. The van der Waals surface area contributed by atoms with E-state index in [1.807, 2.05) is 43.3 Å². The van der Waals surface area contributed by atoms with E-state index >= 15 is 0 Å². The fourth-order valence-corrected chi connectivity index (χ4v) is 3.63. The molecule has 36 heavy (non-hydrogen) atoms. The molecule has 1 atom stereocenters. The van der Waals surface area contributed by atoms with Crippen LogP contribution < -0.4 is 20.9 Å². The highest BCUT2D eigenvalue weighted by molar-refractivity contribution is 5.94. The van der Waals surface area contributed by atoms with E-state index in [0.29, 0.717) is 31.4 Å². The van der Waals surface area contributed by atoms with E-state index in [1.54, 1.807) is 25.6 Å². The van der Waals surface area contributed by atoms with Crippen LogP contribution in [0.5, 0.6) is 0 Å². The molecule has 0 bridgehead atoms. The molecule has 0 radical (unpaired) electrons. The molecule has 0 unspecified atom stereocenters. The summed E-state index contributed by atoms with van der Waals surface area (Å²) in [5.74, 6) is 7.69. The molecular weight excluding hydrogens is 454 g/mol. The van der Waals surface area contributed by atoms with Gasteiger partial charge in [-0.1, -0.05) is 17.9 Å². The van der Waals surface area contributed by atoms with Crippen LogP contribution in [0.1, 0.15) is 23.6 Å². The van der Waals surface area contributed by atoms with E-state index in [2.05, 4.69) is 42.7 Å². The van der Waals surface area contributed by atoms with Gasteiger partial charge in [-0.25, -0.2) is 4.98 Å². The highest BCUT2D eigenvalue weighted by Gasteiger charge is 2.17. The van der Waals surface area contributed by atoms with Gasteiger partial charge in [-0.15, -0.1) is 0 Å². The molecule has 1 fully saturated rings. The zero-order chi connectivity index (χ0) is 25.2. The SMILES string of the molecule is CN[C@@H](C)C(=O)Nc1cccc(C#Cc2cnc(NCCc3ccncc3)nc2N2CCOCC2)c1. The third-order valence-electron chi connectivity index (χ3n) is 5.82. The maximum Gasteiger partial charge on any atom is 0.241 e. The van der Waals surface area contributed by atoms with E-state index in [4.69, 9.17) is 9.72 Å². The van der Waals surface area contributed by atoms with Crippen LogP contribution in [0.25, 0.3) is 0 Å². The predicted molar refractivity (Wildman–Crippen MR) is 141 cm³/mol. The number of amides is 1. The van der Waals surface area contributed by atoms with Crippen LogP contribution >= 0.6 is 0 Å². The van der Waals surface area contributed by atoms with Crippen molar-refractivity contribution >= 4 is 23.4 Å². The first-order valence-electron chi connectivity index (χ1n) is 12.0. The summed E-state index contributed by atoms with van der Waals surface area (Å²) in [5.41, 5.74) is 3.44. The van der Waals surface area contributed by atoms with Gasteiger partial charge < -0.3 is 25.6 Å². The van der Waals surface area contributed by atoms with E-state index < -0.39 is 0 Å². The molecule has 1 aliphatic heterocycles. The highest BCUT2D eigenvalue weighted by Crippen LogP contribution is 2.20. The van der Waals surface area contributed by atoms with Gasteiger partial charge in [0.05, 0.1) is 31.0 Å². The lowest BCUT2D eigenvalue weighted by atomic mass is 10.1. The second kappa shape index (κ2) is 12.6. The molecule has 3 heterocycles. The van der Waals surface area contributed by atoms with Crippen LogP contribution in [0, 0.1) is 11.8 Å². The Labute approximate surface area is 211 Å². The van der Waals surface area contributed by atoms with E-state index in [-0.39, 0.29) is 11.9 Å². The number of benzene rings is 1. The van der Waals surface area contributed by atoms with Gasteiger partial charge in [0.15, 0.2) is 0 Å². The number of nitrogens with zero attached hydrogens (tertiary/aromatic N) is 4. The molecule has 2 aromatic heterocycles. The number of anilines is 3. The Morgan fingerprint density at radius 1 is 1.17 bits per heavy atom. The Morgan fingerprint density at radius 3 is 2.75 bits per heavy atom. The lowest BCUT2D eigenvalue weighted by Crippen LogP contribution is -2.37. The van der Waals surface area contributed by atoms with Gasteiger partial charge in [0, 0.05) is 43.3 Å². The third kappa shape index (κ3) is 7.01. The molecule has 1 amide bonds. The van der Waals surface area contributed by atoms with Crippen molar-refractivity contribution < 1.29 is 9.53 Å². The maximum absolute atomic E-state index is 12.2. The Hall–Kier alpha value is -4.00. The number of carbonyl (C=O) groups is 1. The van der Waals surface area contributed by atoms with Gasteiger partial charge in [-0.2, -0.15) is 4.98 Å². The molecule has 0 saturated carbocycles. The number of rotatable bonds is 8. The number of hydrogen-bond donors (Lipinski definition) is 3. The molecule has 0 aliphatic carbocycles. The lowest BCUT2D eigenvalue weighted by molar-refractivity contribution is -0.117. The van der Waals surface area contributed by atoms with Crippen molar-refractivity contribution in [3.8, 4) is 11.8 Å². The molecule has 9 nitrogen and oxygen atoms in total. The van der Waals surface area contributed by atoms with Crippen LogP contribution in [-0.2, 0) is 16.0 Å². The summed E-state index contributed by atoms with van der Waals surface area (Å²) in [6.07, 6.45) is 6.20. The number of carbonyl (C=O) groups excluding carboxylic acids is 1. The lowest BCUT2D eigenvalue weighted by Gasteiger charge is -2.28. The molecule has 9 heteroatoms. The Kier molecular flexibility index (Phi) is 8.81. The standard InChI is InChI=1S/C27H31N7O2/c1-20(28-2)26(35)32-24-5-3-4-22(18-24)6-7-23-19-31-27(30-13-10-21-8-11-29-12-9-21)33-25(23)34-14-16-36-17-15-34/h3-5,8-9,11-12,18-20,28H,10,13-17H2,1-2H3,(H,32,35)(H,30,31,33)/t20-/m0/s1. The molecule has 0 spiro atoms. The minimum atomic E-state index is -0.287. The molecule has 4 rings (SSSR count). The van der Waals surface area contributed by atoms with Crippen molar-refractivity contribution in [3.05, 3.63) is 71.7 Å². The average molecular weight is 486 g/mol. The van der Waals surface area contributed by atoms with Gasteiger partial charge in [0.1, 0.15) is 5.82 Å². The van der Waals surface area contributed by atoms with Gasteiger partial charge in [-0.3, -0.25) is 9.78 Å². The molecule has 186 valence electrons. The first kappa shape index (κ1) is 25.1. The van der Waals surface area contributed by atoms with Crippen molar-refractivity contribution in [1.82, 2.24) is 20.3 Å². The molecule has 1 aromatic carbocycles. The fraction of sp³-hybridized carbons (Fsp3) is 0.333. The van der Waals surface area contributed by atoms with Crippen molar-refractivity contribution in [2.24, 2.45) is 0 Å². The Morgan fingerprint density at radius 2 is 1.97 bits per heavy atom. The molecule has 1 aliphatic rings. The average Bonchev–Trinajstić information content (AvgIpc) is 2.93. The second-order valence-corrected chi connectivity index (χ2v) is 8.39. The minimum Gasteiger partial charge on any atom is -0.378 e. The van der Waals surface area contributed by atoms with Crippen LogP contribution in [0.3, 0.4) is 0 Å². The van der Waals surface area contributed by atoms with E-state index in [9.17, 15) is 4.79 Å². The topological polar surface area (TPSA) is 104 Å². The zero-order valence-corrected chi connectivity index (χ0v) is 20.6. The van der Waals surface area contributed by atoms with Crippen LogP contribution in [-0.4, -0.2) is 66.8 Å². The summed E-state index contributed by atoms with van der Waals surface area (Å²) in [6.45, 7) is 5.30. The fourth-order valence-electron chi connectivity index (χ4n) is 3.63. The molecule has 3 aromatic rings. The number of nitrogens with one attached hydrogen (secondary N) is 3. The number of aromatic nitrogens is 3. The number of morpholine rings is 1. The zero-order valence-electron chi connectivity index (χ0n) is 20.6. The van der Waals surface area contributed by atoms with Crippen molar-refractivity contribution in [3.63, 3.8) is 0 Å². The molecule has 3 N–H and O–H groups in total. The largest absolute Gasteiger partial charge is 0.378 e. The summed E-state index contributed by atoms with van der Waals surface area (Å²) in [6, 6.07) is 11.2. The monoisotopic (exact) mass is 485 g/mol. The summed E-state index contributed by atoms with van der Waals surface area (Å²) >= 11 is 0. The smallest absolute Gasteiger partial charge is 0.241 e. The number of pyridine rings is 1. The Bertz CT molecular complexity index is 1220. The molecular formula is C27H31N7O2. The highest BCUT2D eigenvalue weighted by atomic mass is 16.5. The summed E-state index contributed by atoms with van der Waals surface area (Å²) in [7, 11) is 1.75. The normalized spacial score (nSPS) is 13.9. The van der Waals surface area contributed by atoms with E-state index in [1.165, 1.54) is 5.56 Å². The summed E-state index contributed by atoms with van der Waals surface area (Å²) in [5, 5.41) is 9.16. The Balaban J connectivity index is 1.51. The maximum atomic E-state index is 12.2. The molecule has 1 saturated heterocycles. The number of ether oxygens (including phenoxy) is 1. The van der Waals surface area contributed by atoms with Crippen LogP contribution in [0.4, 0.5) is 17.5 Å². The van der Waals surface area contributed by atoms with Crippen molar-refractivity contribution in [2.45, 2.75) is 19.4 Å². The van der Waals surface area contributed by atoms with Crippen molar-refractivity contribution in [1.29, 1.82) is 0 Å². The quantitative estimate of drug-likeness (QED) is 0.418. The van der Waals surface area contributed by atoms with Crippen LogP contribution in [0.2, 0.25) is 0 Å². The van der Waals surface area contributed by atoms with Gasteiger partial charge in [-0.05, 0) is 56.3 Å². The predicted octanol–water partition coefficient (Wildman–Crippen LogP) is 2.31. The minimum absolute atomic E-state index is 0.0994. The first-order valence-corrected chi connectivity index (χ1v) is 12.0. The van der Waals surface area contributed by atoms with E-state index in [0.717, 1.165) is 36.5 Å². The third-order valence-corrected chi connectivity index (χ3v) is 5.82. The van der Waals surface area contributed by atoms with Crippen molar-refractivity contribution in [2.75, 3.05) is 55.4 Å². The summed E-state index contributed by atoms with van der Waals surface area (Å²) < 4.78 is 5.52. The van der Waals surface area contributed by atoms with Gasteiger partial charge in [0.25, 0.3) is 0 Å².